The number of nitrogens with zero attached hydrogens (tertiary/aromatic N) is 2. The van der Waals surface area contributed by atoms with Crippen LogP contribution in [0.15, 0.2) is 24.3 Å². The van der Waals surface area contributed by atoms with E-state index < -0.39 is 0 Å². The van der Waals surface area contributed by atoms with E-state index in [1.165, 1.54) is 51.7 Å². The lowest BCUT2D eigenvalue weighted by molar-refractivity contribution is -0.117. The van der Waals surface area contributed by atoms with Crippen molar-refractivity contribution < 1.29 is 9.53 Å². The van der Waals surface area contributed by atoms with Crippen LogP contribution in [0.25, 0.3) is 0 Å². The molecule has 3 fully saturated rings. The van der Waals surface area contributed by atoms with Crippen LogP contribution in [0.5, 0.6) is 5.75 Å². The van der Waals surface area contributed by atoms with Gasteiger partial charge in [0.2, 0.25) is 5.91 Å². The van der Waals surface area contributed by atoms with Gasteiger partial charge in [-0.15, -0.1) is 0 Å². The zero-order chi connectivity index (χ0) is 19.2. The Morgan fingerprint density at radius 3 is 2.64 bits per heavy atom. The van der Waals surface area contributed by atoms with Crippen molar-refractivity contribution in [2.24, 2.45) is 5.92 Å². The first-order valence-corrected chi connectivity index (χ1v) is 11.3. The summed E-state index contributed by atoms with van der Waals surface area (Å²) >= 11 is 0. The summed E-state index contributed by atoms with van der Waals surface area (Å²) in [7, 11) is 0. The Labute approximate surface area is 169 Å². The van der Waals surface area contributed by atoms with Crippen LogP contribution in [0.1, 0.15) is 51.4 Å². The van der Waals surface area contributed by atoms with Gasteiger partial charge in [0.1, 0.15) is 5.75 Å². The largest absolute Gasteiger partial charge is 0.494 e. The number of benzene rings is 1. The smallest absolute Gasteiger partial charge is 0.227 e. The zero-order valence-corrected chi connectivity index (χ0v) is 17.1. The van der Waals surface area contributed by atoms with Gasteiger partial charge in [-0.05, 0) is 101 Å². The molecule has 1 aromatic rings. The Morgan fingerprint density at radius 1 is 1.07 bits per heavy atom. The highest BCUT2D eigenvalue weighted by atomic mass is 16.5. The maximum Gasteiger partial charge on any atom is 0.227 e. The molecule has 3 heterocycles. The number of amides is 1. The molecule has 0 spiro atoms. The lowest BCUT2D eigenvalue weighted by Crippen LogP contribution is -2.41. The number of hydrogen-bond donors (Lipinski definition) is 1. The topological polar surface area (TPSA) is 44.8 Å². The fourth-order valence-electron chi connectivity index (χ4n) is 4.97. The van der Waals surface area contributed by atoms with Crippen LogP contribution in [-0.2, 0) is 4.79 Å². The van der Waals surface area contributed by atoms with Crippen LogP contribution in [0.4, 0.5) is 5.69 Å². The highest BCUT2D eigenvalue weighted by Crippen LogP contribution is 2.29. The van der Waals surface area contributed by atoms with Crippen molar-refractivity contribution in [1.82, 2.24) is 10.2 Å². The van der Waals surface area contributed by atoms with Crippen molar-refractivity contribution >= 4 is 11.6 Å². The first-order chi connectivity index (χ1) is 13.8. The average molecular weight is 386 g/mol. The summed E-state index contributed by atoms with van der Waals surface area (Å²) < 4.78 is 5.94. The van der Waals surface area contributed by atoms with E-state index in [1.807, 2.05) is 17.0 Å². The Morgan fingerprint density at radius 2 is 1.89 bits per heavy atom. The van der Waals surface area contributed by atoms with Crippen molar-refractivity contribution in [1.29, 1.82) is 0 Å². The number of ether oxygens (including phenoxy) is 1. The lowest BCUT2D eigenvalue weighted by atomic mass is 9.95. The fraction of sp³-hybridized carbons (Fsp3) is 0.696. The van der Waals surface area contributed by atoms with Crippen LogP contribution < -0.4 is 15.0 Å². The molecule has 3 saturated heterocycles. The summed E-state index contributed by atoms with van der Waals surface area (Å²) in [4.78, 5) is 17.0. The first kappa shape index (κ1) is 19.7. The molecule has 3 aliphatic heterocycles. The van der Waals surface area contributed by atoms with Gasteiger partial charge in [-0.2, -0.15) is 0 Å². The summed E-state index contributed by atoms with van der Waals surface area (Å²) in [6.07, 6.45) is 9.25. The summed E-state index contributed by atoms with van der Waals surface area (Å²) in [5.41, 5.74) is 1.02. The highest BCUT2D eigenvalue weighted by Gasteiger charge is 2.33. The second kappa shape index (κ2) is 9.75. The van der Waals surface area contributed by atoms with Gasteiger partial charge in [-0.3, -0.25) is 4.79 Å². The Hall–Kier alpha value is -1.59. The zero-order valence-electron chi connectivity index (χ0n) is 17.1. The summed E-state index contributed by atoms with van der Waals surface area (Å²) in [5, 5.41) is 3.48. The molecular formula is C23H35N3O2. The van der Waals surface area contributed by atoms with Crippen molar-refractivity contribution in [2.45, 2.75) is 57.4 Å². The van der Waals surface area contributed by atoms with Crippen molar-refractivity contribution in [3.05, 3.63) is 24.3 Å². The van der Waals surface area contributed by atoms with E-state index in [-0.39, 0.29) is 5.91 Å². The minimum atomic E-state index is 0.263. The molecule has 1 aromatic carbocycles. The van der Waals surface area contributed by atoms with E-state index in [0.717, 1.165) is 49.9 Å². The van der Waals surface area contributed by atoms with Crippen molar-refractivity contribution in [2.75, 3.05) is 44.2 Å². The number of nitrogens with one attached hydrogen (secondary N) is 1. The quantitative estimate of drug-likeness (QED) is 0.697. The maximum absolute atomic E-state index is 12.5. The number of carbonyl (C=O) groups excluding carboxylic acids is 1. The molecule has 0 bridgehead atoms. The molecule has 3 aliphatic rings. The number of piperidine rings is 1. The highest BCUT2D eigenvalue weighted by molar-refractivity contribution is 5.96. The molecule has 0 aromatic heterocycles. The molecule has 0 radical (unpaired) electrons. The number of likely N-dealkylation sites (tertiary alicyclic amines) is 1. The van der Waals surface area contributed by atoms with E-state index >= 15 is 0 Å². The first-order valence-electron chi connectivity index (χ1n) is 11.3. The van der Waals surface area contributed by atoms with Crippen LogP contribution in [0.2, 0.25) is 0 Å². The number of hydrogen-bond acceptors (Lipinski definition) is 4. The molecule has 0 aliphatic carbocycles. The molecule has 5 nitrogen and oxygen atoms in total. The minimum absolute atomic E-state index is 0.263. The summed E-state index contributed by atoms with van der Waals surface area (Å²) in [6.45, 7) is 6.50. The van der Waals surface area contributed by atoms with E-state index in [0.29, 0.717) is 12.5 Å². The fourth-order valence-corrected chi connectivity index (χ4v) is 4.97. The Bertz CT molecular complexity index is 621. The van der Waals surface area contributed by atoms with Gasteiger partial charge in [0.15, 0.2) is 0 Å². The van der Waals surface area contributed by atoms with Crippen LogP contribution in [0, 0.1) is 5.92 Å². The monoisotopic (exact) mass is 385 g/mol. The predicted molar refractivity (Wildman–Crippen MR) is 113 cm³/mol. The van der Waals surface area contributed by atoms with Gasteiger partial charge in [0.25, 0.3) is 0 Å². The van der Waals surface area contributed by atoms with Gasteiger partial charge >= 0.3 is 0 Å². The molecule has 28 heavy (non-hydrogen) atoms. The second-order valence-electron chi connectivity index (χ2n) is 8.66. The van der Waals surface area contributed by atoms with Gasteiger partial charge in [-0.25, -0.2) is 0 Å². The lowest BCUT2D eigenvalue weighted by Gasteiger charge is -2.28. The van der Waals surface area contributed by atoms with Crippen molar-refractivity contribution in [3.8, 4) is 5.75 Å². The van der Waals surface area contributed by atoms with E-state index in [1.54, 1.807) is 0 Å². The molecule has 2 unspecified atom stereocenters. The van der Waals surface area contributed by atoms with E-state index in [2.05, 4.69) is 22.3 Å². The predicted octanol–water partition coefficient (Wildman–Crippen LogP) is 3.44. The van der Waals surface area contributed by atoms with E-state index in [9.17, 15) is 4.79 Å². The summed E-state index contributed by atoms with van der Waals surface area (Å²) in [6, 6.07) is 8.48. The van der Waals surface area contributed by atoms with Gasteiger partial charge in [0.05, 0.1) is 12.6 Å². The number of anilines is 1. The van der Waals surface area contributed by atoms with Gasteiger partial charge < -0.3 is 19.9 Å². The Balaban J connectivity index is 1.26. The standard InChI is InChI=1S/C23H35N3O2/c27-23-12-9-21(18-25-14-1-2-15-25)26(23)20-7-10-22(11-8-20)28-16-4-6-19-5-3-13-24-17-19/h7-8,10-11,19,21,24H,1-6,9,12-18H2. The number of rotatable bonds is 8. The van der Waals surface area contributed by atoms with Crippen LogP contribution in [-0.4, -0.2) is 56.2 Å². The Kier molecular flexibility index (Phi) is 6.86. The minimum Gasteiger partial charge on any atom is -0.494 e. The average Bonchev–Trinajstić information content (AvgIpc) is 3.37. The van der Waals surface area contributed by atoms with Gasteiger partial charge in [0, 0.05) is 18.7 Å². The third kappa shape index (κ3) is 5.06. The SMILES string of the molecule is O=C1CCC(CN2CCCC2)N1c1ccc(OCCCC2CCCNC2)cc1. The van der Waals surface area contributed by atoms with Crippen molar-refractivity contribution in [3.63, 3.8) is 0 Å². The molecular weight excluding hydrogens is 350 g/mol. The molecule has 0 saturated carbocycles. The maximum atomic E-state index is 12.5. The molecule has 4 rings (SSSR count). The molecule has 2 atom stereocenters. The second-order valence-corrected chi connectivity index (χ2v) is 8.66. The van der Waals surface area contributed by atoms with Crippen LogP contribution >= 0.6 is 0 Å². The van der Waals surface area contributed by atoms with E-state index in [4.69, 9.17) is 4.74 Å². The molecule has 154 valence electrons. The number of carbonyl (C=O) groups is 1. The third-order valence-electron chi connectivity index (χ3n) is 6.53. The molecule has 1 amide bonds. The van der Waals surface area contributed by atoms with Crippen LogP contribution in [0.3, 0.4) is 0 Å². The summed E-state index contributed by atoms with van der Waals surface area (Å²) in [5.74, 6) is 1.99. The molecule has 1 N–H and O–H groups in total. The molecule has 5 heteroatoms. The normalized spacial score (nSPS) is 26.1. The third-order valence-corrected chi connectivity index (χ3v) is 6.53. The van der Waals surface area contributed by atoms with Gasteiger partial charge in [-0.1, -0.05) is 0 Å².